The van der Waals surface area contributed by atoms with Gasteiger partial charge in [-0.05, 0) is 24.1 Å². The van der Waals surface area contributed by atoms with E-state index in [1.54, 1.807) is 6.92 Å². The number of rotatable bonds is 4. The number of hydrogen-bond acceptors (Lipinski definition) is 5. The highest BCUT2D eigenvalue weighted by molar-refractivity contribution is 6.31. The molecule has 0 aliphatic rings. The largest absolute Gasteiger partial charge is 0.381 e. The maximum atomic E-state index is 13.2. The van der Waals surface area contributed by atoms with Gasteiger partial charge in [-0.15, -0.1) is 0 Å². The molecule has 2 rings (SSSR count). The van der Waals surface area contributed by atoms with Gasteiger partial charge in [-0.25, -0.2) is 23.1 Å². The second-order valence-corrected chi connectivity index (χ2v) is 5.28. The molecule has 9 heteroatoms. The molecule has 0 saturated heterocycles. The van der Waals surface area contributed by atoms with Crippen LogP contribution in [-0.2, 0) is 5.60 Å². The number of alkyl halides is 3. The van der Waals surface area contributed by atoms with Crippen LogP contribution in [0, 0.1) is 6.92 Å². The van der Waals surface area contributed by atoms with Crippen LogP contribution in [0.5, 0.6) is 0 Å². The first-order valence-electron chi connectivity index (χ1n) is 6.40. The maximum absolute atomic E-state index is 13.2. The summed E-state index contributed by atoms with van der Waals surface area (Å²) in [5.41, 5.74) is 2.68. The molecule has 2 unspecified atom stereocenters. The van der Waals surface area contributed by atoms with Crippen molar-refractivity contribution in [2.75, 3.05) is 5.73 Å². The minimum Gasteiger partial charge on any atom is -0.381 e. The smallest absolute Gasteiger partial charge is 0.276 e. The number of aromatic nitrogens is 2. The average molecular weight is 348 g/mol. The van der Waals surface area contributed by atoms with Gasteiger partial charge in [0.2, 0.25) is 12.0 Å². The van der Waals surface area contributed by atoms with Crippen molar-refractivity contribution in [2.45, 2.75) is 25.3 Å². The average Bonchev–Trinajstić information content (AvgIpc) is 2.49. The lowest BCUT2D eigenvalue weighted by Gasteiger charge is -2.28. The molecule has 124 valence electrons. The lowest BCUT2D eigenvalue weighted by Crippen LogP contribution is -2.43. The Hall–Kier alpha value is -1.90. The van der Waals surface area contributed by atoms with Crippen molar-refractivity contribution in [3.8, 4) is 11.3 Å². The highest BCUT2D eigenvalue weighted by Crippen LogP contribution is 2.36. The summed E-state index contributed by atoms with van der Waals surface area (Å²) in [6.45, 7) is 1.65. The van der Waals surface area contributed by atoms with Crippen LogP contribution >= 0.6 is 11.6 Å². The number of aliphatic hydroxyl groups excluding tert-OH is 1. The molecule has 0 amide bonds. The van der Waals surface area contributed by atoms with Gasteiger partial charge >= 0.3 is 0 Å². The van der Waals surface area contributed by atoms with E-state index in [1.807, 2.05) is 0 Å². The van der Waals surface area contributed by atoms with E-state index in [2.05, 4.69) is 9.97 Å². The van der Waals surface area contributed by atoms with Gasteiger partial charge in [-0.2, -0.15) is 0 Å². The number of halogens is 4. The fraction of sp³-hybridized carbons (Fsp3) is 0.286. The summed E-state index contributed by atoms with van der Waals surface area (Å²) in [7, 11) is 0. The number of nitrogen functional groups attached to an aromatic ring is 1. The number of anilines is 1. The van der Waals surface area contributed by atoms with Gasteiger partial charge in [-0.1, -0.05) is 23.7 Å². The summed E-state index contributed by atoms with van der Waals surface area (Å²) in [4.78, 5) is 7.78. The Morgan fingerprint density at radius 2 is 1.96 bits per heavy atom. The molecule has 1 aromatic carbocycles. The van der Waals surface area contributed by atoms with Gasteiger partial charge in [-0.3, -0.25) is 0 Å². The van der Waals surface area contributed by atoms with Crippen molar-refractivity contribution in [2.24, 2.45) is 0 Å². The summed E-state index contributed by atoms with van der Waals surface area (Å²) in [6.07, 6.45) is -5.45. The van der Waals surface area contributed by atoms with Gasteiger partial charge < -0.3 is 15.9 Å². The van der Waals surface area contributed by atoms with Crippen molar-refractivity contribution >= 4 is 17.4 Å². The lowest BCUT2D eigenvalue weighted by molar-refractivity contribution is -0.211. The van der Waals surface area contributed by atoms with E-state index in [4.69, 9.17) is 22.4 Å². The van der Waals surface area contributed by atoms with Crippen molar-refractivity contribution in [1.29, 1.82) is 0 Å². The Morgan fingerprint density at radius 3 is 2.48 bits per heavy atom. The number of benzene rings is 1. The van der Waals surface area contributed by atoms with Crippen LogP contribution in [0.1, 0.15) is 11.1 Å². The topological polar surface area (TPSA) is 92.3 Å². The Kier molecular flexibility index (Phi) is 4.79. The van der Waals surface area contributed by atoms with E-state index in [-0.39, 0.29) is 22.2 Å². The van der Waals surface area contributed by atoms with Crippen LogP contribution in [0.15, 0.2) is 24.4 Å². The fourth-order valence-electron chi connectivity index (χ4n) is 2.02. The van der Waals surface area contributed by atoms with E-state index in [1.165, 1.54) is 12.3 Å². The minimum atomic E-state index is -3.54. The van der Waals surface area contributed by atoms with Gasteiger partial charge in [0.05, 0.1) is 11.9 Å². The summed E-state index contributed by atoms with van der Waals surface area (Å²) in [6, 6.07) is 3.58. The number of hydrogen-bond donors (Lipinski definition) is 3. The zero-order chi connectivity index (χ0) is 17.4. The van der Waals surface area contributed by atoms with Crippen molar-refractivity contribution in [1.82, 2.24) is 9.97 Å². The standard InChI is InChI=1S/C14H13ClF3N3O2/c1-6-2-3-7(14(23,12(16)17)13(18)22)4-8(6)9-5-20-11(19)10(15)21-9/h2-5,12-13,22-23H,1H3,(H2,19,20). The Morgan fingerprint density at radius 1 is 1.30 bits per heavy atom. The van der Waals surface area contributed by atoms with E-state index >= 15 is 0 Å². The second-order valence-electron chi connectivity index (χ2n) is 4.92. The Balaban J connectivity index is 2.61. The molecule has 0 fully saturated rings. The van der Waals surface area contributed by atoms with Gasteiger partial charge in [0.25, 0.3) is 6.43 Å². The van der Waals surface area contributed by atoms with Crippen LogP contribution in [-0.4, -0.2) is 33.0 Å². The SMILES string of the molecule is Cc1ccc(C(O)(C(O)F)C(F)F)cc1-c1cnc(N)c(Cl)n1. The van der Waals surface area contributed by atoms with Crippen molar-refractivity contribution in [3.05, 3.63) is 40.7 Å². The first-order chi connectivity index (χ1) is 10.7. The van der Waals surface area contributed by atoms with E-state index in [0.29, 0.717) is 5.56 Å². The zero-order valence-corrected chi connectivity index (χ0v) is 12.6. The van der Waals surface area contributed by atoms with Gasteiger partial charge in [0, 0.05) is 5.56 Å². The number of nitrogens with two attached hydrogens (primary N) is 1. The molecular formula is C14H13ClF3N3O2. The summed E-state index contributed by atoms with van der Waals surface area (Å²) in [5, 5.41) is 18.7. The highest BCUT2D eigenvalue weighted by Gasteiger charge is 2.47. The molecule has 2 aromatic rings. The lowest BCUT2D eigenvalue weighted by atomic mass is 9.90. The molecule has 2 atom stereocenters. The molecule has 0 saturated carbocycles. The molecule has 0 spiro atoms. The van der Waals surface area contributed by atoms with Crippen LogP contribution < -0.4 is 5.73 Å². The molecule has 0 radical (unpaired) electrons. The first-order valence-corrected chi connectivity index (χ1v) is 6.78. The maximum Gasteiger partial charge on any atom is 0.276 e. The molecular weight excluding hydrogens is 335 g/mol. The predicted octanol–water partition coefficient (Wildman–Crippen LogP) is 2.43. The fourth-order valence-corrected chi connectivity index (χ4v) is 2.16. The summed E-state index contributed by atoms with van der Waals surface area (Å²) < 4.78 is 39.3. The predicted molar refractivity (Wildman–Crippen MR) is 78.6 cm³/mol. The first kappa shape index (κ1) is 17.5. The third-order valence-electron chi connectivity index (χ3n) is 3.43. The Labute approximate surface area is 134 Å². The minimum absolute atomic E-state index is 0.00695. The van der Waals surface area contributed by atoms with E-state index in [9.17, 15) is 18.3 Å². The summed E-state index contributed by atoms with van der Waals surface area (Å²) in [5.74, 6) is -0.00695. The molecule has 0 bridgehead atoms. The van der Waals surface area contributed by atoms with Crippen LogP contribution in [0.4, 0.5) is 19.0 Å². The second kappa shape index (κ2) is 6.31. The molecule has 0 aliphatic heterocycles. The van der Waals surface area contributed by atoms with Crippen LogP contribution in [0.3, 0.4) is 0 Å². The number of nitrogens with zero attached hydrogens (tertiary/aromatic N) is 2. The molecule has 1 aromatic heterocycles. The molecule has 0 aliphatic carbocycles. The van der Waals surface area contributed by atoms with Gasteiger partial charge in [0.15, 0.2) is 11.0 Å². The van der Waals surface area contributed by atoms with E-state index in [0.717, 1.165) is 12.1 Å². The Bertz CT molecular complexity index is 720. The zero-order valence-electron chi connectivity index (χ0n) is 11.8. The normalized spacial score (nSPS) is 15.5. The third-order valence-corrected chi connectivity index (χ3v) is 3.71. The molecule has 1 heterocycles. The van der Waals surface area contributed by atoms with Crippen LogP contribution in [0.25, 0.3) is 11.3 Å². The third kappa shape index (κ3) is 3.10. The summed E-state index contributed by atoms with van der Waals surface area (Å²) >= 11 is 5.78. The monoisotopic (exact) mass is 347 g/mol. The number of aryl methyl sites for hydroxylation is 1. The van der Waals surface area contributed by atoms with E-state index < -0.39 is 23.9 Å². The molecule has 4 N–H and O–H groups in total. The highest BCUT2D eigenvalue weighted by atomic mass is 35.5. The number of aliphatic hydroxyl groups is 2. The molecule has 5 nitrogen and oxygen atoms in total. The van der Waals surface area contributed by atoms with Crippen molar-refractivity contribution < 1.29 is 23.4 Å². The van der Waals surface area contributed by atoms with Crippen LogP contribution in [0.2, 0.25) is 5.15 Å². The quantitative estimate of drug-likeness (QED) is 0.790. The molecule has 23 heavy (non-hydrogen) atoms. The van der Waals surface area contributed by atoms with Gasteiger partial charge in [0.1, 0.15) is 0 Å². The van der Waals surface area contributed by atoms with Crippen molar-refractivity contribution in [3.63, 3.8) is 0 Å².